The molecular formula is C43H49N3O11. The Hall–Kier alpha value is -5.12. The van der Waals surface area contributed by atoms with Crippen molar-refractivity contribution in [3.05, 3.63) is 89.0 Å². The molecule has 3 aliphatic heterocycles. The van der Waals surface area contributed by atoms with Gasteiger partial charge in [-0.2, -0.15) is 0 Å². The van der Waals surface area contributed by atoms with Gasteiger partial charge in [-0.15, -0.1) is 0 Å². The van der Waals surface area contributed by atoms with Gasteiger partial charge in [-0.1, -0.05) is 62.6 Å². The lowest BCUT2D eigenvalue weighted by atomic mass is 9.63. The second-order valence-electron chi connectivity index (χ2n) is 15.3. The van der Waals surface area contributed by atoms with E-state index in [2.05, 4.69) is 22.1 Å². The van der Waals surface area contributed by atoms with Gasteiger partial charge in [0.1, 0.15) is 42.9 Å². The van der Waals surface area contributed by atoms with E-state index in [1.807, 2.05) is 25.1 Å². The highest BCUT2D eigenvalue weighted by Crippen LogP contribution is 2.54. The van der Waals surface area contributed by atoms with Crippen LogP contribution in [0.5, 0.6) is 17.2 Å². The van der Waals surface area contributed by atoms with E-state index in [9.17, 15) is 45.3 Å². The SMILES string of the molecule is CCC1=NCN=C1Cc1cc(C=CC(=O)N2c3cc(OC4OC(CO)C(O)C(O)C4O)c(O)cc3C(CC3(c4ccccc4)CCCCC3)C2C(=O)O)ccc1O. The fourth-order valence-electron chi connectivity index (χ4n) is 8.92. The lowest BCUT2D eigenvalue weighted by Gasteiger charge is -2.41. The minimum absolute atomic E-state index is 0.0626. The molecule has 0 bridgehead atoms. The van der Waals surface area contributed by atoms with Gasteiger partial charge in [0.15, 0.2) is 11.5 Å². The van der Waals surface area contributed by atoms with Crippen molar-refractivity contribution in [2.75, 3.05) is 18.2 Å². The average molecular weight is 784 g/mol. The minimum atomic E-state index is -1.79. The molecule has 1 saturated carbocycles. The number of fused-ring (bicyclic) bond motifs is 1. The van der Waals surface area contributed by atoms with Crippen molar-refractivity contribution in [1.29, 1.82) is 0 Å². The average Bonchev–Trinajstić information content (AvgIpc) is 3.80. The molecule has 3 aromatic rings. The Morgan fingerprint density at radius 2 is 1.67 bits per heavy atom. The van der Waals surface area contributed by atoms with Crippen molar-refractivity contribution in [3.63, 3.8) is 0 Å². The molecule has 302 valence electrons. The Morgan fingerprint density at radius 1 is 0.930 bits per heavy atom. The third-order valence-electron chi connectivity index (χ3n) is 11.9. The van der Waals surface area contributed by atoms with Crippen molar-refractivity contribution in [2.45, 2.75) is 106 Å². The second-order valence-corrected chi connectivity index (χ2v) is 15.3. The van der Waals surface area contributed by atoms with Gasteiger partial charge in [0, 0.05) is 30.0 Å². The Morgan fingerprint density at radius 3 is 2.37 bits per heavy atom. The number of carboxylic acids is 1. The molecule has 0 spiro atoms. The molecule has 4 aliphatic rings. The molecule has 0 radical (unpaired) electrons. The van der Waals surface area contributed by atoms with Crippen molar-refractivity contribution in [2.24, 2.45) is 9.98 Å². The zero-order valence-corrected chi connectivity index (χ0v) is 31.6. The minimum Gasteiger partial charge on any atom is -0.508 e. The molecule has 7 N–H and O–H groups in total. The summed E-state index contributed by atoms with van der Waals surface area (Å²) in [5.41, 5.74) is 4.08. The largest absolute Gasteiger partial charge is 0.508 e. The highest BCUT2D eigenvalue weighted by atomic mass is 16.7. The number of hydrogen-bond acceptors (Lipinski definition) is 12. The number of carbonyl (C=O) groups is 2. The topological polar surface area (TPSA) is 222 Å². The molecule has 0 aromatic heterocycles. The number of aromatic hydroxyl groups is 2. The Kier molecular flexibility index (Phi) is 11.8. The molecule has 1 aliphatic carbocycles. The maximum atomic E-state index is 14.4. The zero-order valence-electron chi connectivity index (χ0n) is 31.6. The van der Waals surface area contributed by atoms with Crippen LogP contribution in [0.25, 0.3) is 6.08 Å². The van der Waals surface area contributed by atoms with Crippen LogP contribution in [0.3, 0.4) is 0 Å². The predicted octanol–water partition coefficient (Wildman–Crippen LogP) is 3.97. The zero-order chi connectivity index (χ0) is 40.4. The van der Waals surface area contributed by atoms with Gasteiger partial charge >= 0.3 is 5.97 Å². The first-order valence-corrected chi connectivity index (χ1v) is 19.5. The maximum absolute atomic E-state index is 14.4. The van der Waals surface area contributed by atoms with Gasteiger partial charge in [-0.3, -0.25) is 19.7 Å². The number of hydrogen-bond donors (Lipinski definition) is 7. The third kappa shape index (κ3) is 7.92. The van der Waals surface area contributed by atoms with Gasteiger partial charge in [-0.05, 0) is 72.1 Å². The first kappa shape index (κ1) is 40.1. The molecular weight excluding hydrogens is 734 g/mol. The number of amides is 1. The number of carboxylic acid groups (broad SMARTS) is 1. The van der Waals surface area contributed by atoms with E-state index in [1.54, 1.807) is 18.2 Å². The van der Waals surface area contributed by atoms with Crippen LogP contribution >= 0.6 is 0 Å². The van der Waals surface area contributed by atoms with Gasteiger partial charge in [-0.25, -0.2) is 4.79 Å². The van der Waals surface area contributed by atoms with E-state index in [4.69, 9.17) is 9.47 Å². The molecule has 57 heavy (non-hydrogen) atoms. The number of aliphatic hydroxyl groups is 4. The van der Waals surface area contributed by atoms with Crippen LogP contribution < -0.4 is 9.64 Å². The number of benzene rings is 3. The molecule has 7 atom stereocenters. The lowest BCUT2D eigenvalue weighted by molar-refractivity contribution is -0.277. The molecule has 7 unspecified atom stereocenters. The molecule has 3 heterocycles. The smallest absolute Gasteiger partial charge is 0.327 e. The number of ether oxygens (including phenoxy) is 2. The van der Waals surface area contributed by atoms with E-state index in [0.29, 0.717) is 42.6 Å². The van der Waals surface area contributed by atoms with Crippen LogP contribution in [0.4, 0.5) is 5.69 Å². The summed E-state index contributed by atoms with van der Waals surface area (Å²) in [6.45, 7) is 1.63. The first-order chi connectivity index (χ1) is 27.4. The van der Waals surface area contributed by atoms with E-state index in [1.165, 1.54) is 29.2 Å². The molecule has 14 heteroatoms. The molecule has 1 saturated heterocycles. The van der Waals surface area contributed by atoms with Crippen LogP contribution in [0, 0.1) is 0 Å². The van der Waals surface area contributed by atoms with Gasteiger partial charge in [0.05, 0.1) is 23.7 Å². The molecule has 2 fully saturated rings. The van der Waals surface area contributed by atoms with Gasteiger partial charge in [0.2, 0.25) is 6.29 Å². The van der Waals surface area contributed by atoms with Crippen LogP contribution in [0.2, 0.25) is 0 Å². The van der Waals surface area contributed by atoms with Crippen molar-refractivity contribution < 1.29 is 54.8 Å². The summed E-state index contributed by atoms with van der Waals surface area (Å²) in [5, 5.41) is 74.1. The normalized spacial score (nSPS) is 26.9. The van der Waals surface area contributed by atoms with E-state index in [0.717, 1.165) is 49.1 Å². The summed E-state index contributed by atoms with van der Waals surface area (Å²) >= 11 is 0. The molecule has 3 aromatic carbocycles. The standard InChI is InChI=1S/C43H49N3O11/c1-2-29-30(45-23-44-29)18-25-17-24(11-13-32(25)48)12-14-36(50)46-31-20-34(56-42-40(53)39(52)38(51)35(22-47)57-42)33(49)19-27(31)28(37(46)41(54)55)21-43(15-7-4-8-16-43)26-9-5-3-6-10-26/h3,5-6,9-14,17,19-20,28,35,37-40,42,47-49,51-53H,2,4,7-8,15-16,18,21-23H2,1H3,(H,54,55). The molecule has 14 nitrogen and oxygen atoms in total. The lowest BCUT2D eigenvalue weighted by Crippen LogP contribution is -2.60. The number of aliphatic carboxylic acids is 1. The van der Waals surface area contributed by atoms with Gasteiger partial charge < -0.3 is 45.2 Å². The Bertz CT molecular complexity index is 2060. The number of aliphatic imine (C=N–C) groups is 2. The number of anilines is 1. The highest BCUT2D eigenvalue weighted by Gasteiger charge is 2.51. The summed E-state index contributed by atoms with van der Waals surface area (Å²) in [4.78, 5) is 37.9. The number of rotatable bonds is 12. The Labute approximate surface area is 330 Å². The fourth-order valence-corrected chi connectivity index (χ4v) is 8.92. The van der Waals surface area contributed by atoms with Crippen molar-refractivity contribution in [3.8, 4) is 17.2 Å². The number of phenols is 2. The van der Waals surface area contributed by atoms with Gasteiger partial charge in [0.25, 0.3) is 5.91 Å². The van der Waals surface area contributed by atoms with E-state index < -0.39 is 72.3 Å². The fraction of sp³-hybridized carbons (Fsp3) is 0.442. The summed E-state index contributed by atoms with van der Waals surface area (Å²) in [6, 6.07) is 16.2. The summed E-state index contributed by atoms with van der Waals surface area (Å²) in [7, 11) is 0. The second kappa shape index (κ2) is 16.8. The van der Waals surface area contributed by atoms with Crippen LogP contribution in [0.15, 0.2) is 76.7 Å². The van der Waals surface area contributed by atoms with Crippen molar-refractivity contribution in [1.82, 2.24) is 0 Å². The molecule has 1 amide bonds. The highest BCUT2D eigenvalue weighted by molar-refractivity contribution is 6.43. The number of nitrogens with zero attached hydrogens (tertiary/aromatic N) is 3. The number of phenolic OH excluding ortho intramolecular Hbond substituents is 2. The summed E-state index contributed by atoms with van der Waals surface area (Å²) in [6.07, 6.45) is 0.688. The number of carbonyl (C=O) groups excluding carboxylic acids is 1. The number of aliphatic hydroxyl groups excluding tert-OH is 4. The quantitative estimate of drug-likeness (QED) is 0.130. The third-order valence-corrected chi connectivity index (χ3v) is 11.9. The summed E-state index contributed by atoms with van der Waals surface area (Å²) in [5.74, 6) is -3.32. The van der Waals surface area contributed by atoms with E-state index in [-0.39, 0.29) is 17.2 Å². The van der Waals surface area contributed by atoms with Crippen LogP contribution in [0.1, 0.15) is 80.0 Å². The maximum Gasteiger partial charge on any atom is 0.327 e. The predicted molar refractivity (Wildman–Crippen MR) is 211 cm³/mol. The Balaban J connectivity index is 1.27. The van der Waals surface area contributed by atoms with E-state index >= 15 is 0 Å². The monoisotopic (exact) mass is 783 g/mol. The first-order valence-electron chi connectivity index (χ1n) is 19.5. The van der Waals surface area contributed by atoms with Crippen LogP contribution in [-0.4, -0.2) is 109 Å². The molecule has 7 rings (SSSR count). The summed E-state index contributed by atoms with van der Waals surface area (Å²) < 4.78 is 11.4. The van der Waals surface area contributed by atoms with Crippen LogP contribution in [-0.2, 0) is 26.2 Å². The van der Waals surface area contributed by atoms with Crippen molar-refractivity contribution >= 4 is 35.1 Å².